The van der Waals surface area contributed by atoms with Gasteiger partial charge in [0.2, 0.25) is 0 Å². The van der Waals surface area contributed by atoms with Crippen LogP contribution in [0.2, 0.25) is 5.02 Å². The second kappa shape index (κ2) is 7.11. The monoisotopic (exact) mass is 354 g/mol. The highest BCUT2D eigenvalue weighted by molar-refractivity contribution is 6.31. The van der Waals surface area contributed by atoms with Gasteiger partial charge in [-0.2, -0.15) is 0 Å². The lowest BCUT2D eigenvalue weighted by Gasteiger charge is -2.26. The van der Waals surface area contributed by atoms with Crippen molar-refractivity contribution in [3.63, 3.8) is 0 Å². The summed E-state index contributed by atoms with van der Waals surface area (Å²) in [5.41, 5.74) is 3.07. The van der Waals surface area contributed by atoms with Gasteiger partial charge in [0.05, 0.1) is 22.5 Å². The van der Waals surface area contributed by atoms with Gasteiger partial charge in [0.1, 0.15) is 0 Å². The van der Waals surface area contributed by atoms with Gasteiger partial charge in [-0.3, -0.25) is 0 Å². The summed E-state index contributed by atoms with van der Waals surface area (Å²) in [4.78, 5) is 19.0. The minimum absolute atomic E-state index is 0.245. The fourth-order valence-corrected chi connectivity index (χ4v) is 3.26. The third-order valence-corrected chi connectivity index (χ3v) is 4.50. The number of pyridine rings is 1. The van der Waals surface area contributed by atoms with Crippen LogP contribution in [0.1, 0.15) is 24.2 Å². The Bertz CT molecular complexity index is 922. The maximum atomic E-state index is 12.2. The molecule has 1 aromatic heterocycles. The molecule has 2 aromatic carbocycles. The summed E-state index contributed by atoms with van der Waals surface area (Å²) in [5.74, 6) is -0.978. The minimum Gasteiger partial charge on any atom is -0.478 e. The number of halogens is 1. The average Bonchev–Trinajstić information content (AvgIpc) is 2.62. The first-order valence-corrected chi connectivity index (χ1v) is 8.61. The zero-order valence-electron chi connectivity index (χ0n) is 14.2. The number of hydrogen-bond acceptors (Lipinski definition) is 3. The van der Waals surface area contributed by atoms with Gasteiger partial charge >= 0.3 is 5.97 Å². The molecule has 0 radical (unpaired) electrons. The fourth-order valence-electron chi connectivity index (χ4n) is 3.09. The van der Waals surface area contributed by atoms with Crippen LogP contribution < -0.4 is 4.90 Å². The van der Waals surface area contributed by atoms with Crippen molar-refractivity contribution < 1.29 is 9.90 Å². The van der Waals surface area contributed by atoms with Crippen LogP contribution in [0, 0.1) is 0 Å². The molecule has 3 aromatic rings. The Hall–Kier alpha value is -2.59. The molecule has 4 nitrogen and oxygen atoms in total. The van der Waals surface area contributed by atoms with E-state index >= 15 is 0 Å². The predicted octanol–water partition coefficient (Wildman–Crippen LogP) is 5.10. The van der Waals surface area contributed by atoms with Crippen molar-refractivity contribution >= 4 is 34.2 Å². The Morgan fingerprint density at radius 2 is 1.80 bits per heavy atom. The number of aromatic carboxylic acids is 1. The highest BCUT2D eigenvalue weighted by Crippen LogP contribution is 2.37. The Morgan fingerprint density at radius 1 is 1.12 bits per heavy atom. The van der Waals surface area contributed by atoms with Crippen LogP contribution in [0.3, 0.4) is 0 Å². The molecule has 0 aliphatic rings. The summed E-state index contributed by atoms with van der Waals surface area (Å²) in [6, 6.07) is 14.8. The second-order valence-electron chi connectivity index (χ2n) is 5.69. The van der Waals surface area contributed by atoms with Gasteiger partial charge in [0.15, 0.2) is 0 Å². The van der Waals surface area contributed by atoms with Crippen molar-refractivity contribution in [1.82, 2.24) is 4.98 Å². The molecule has 0 amide bonds. The molecule has 0 bridgehead atoms. The van der Waals surface area contributed by atoms with E-state index in [4.69, 9.17) is 16.6 Å². The number of carbonyl (C=O) groups is 1. The molecule has 1 N–H and O–H groups in total. The smallest absolute Gasteiger partial charge is 0.338 e. The van der Waals surface area contributed by atoms with Crippen LogP contribution in [-0.2, 0) is 0 Å². The molecule has 1 heterocycles. The van der Waals surface area contributed by atoms with Crippen LogP contribution in [-0.4, -0.2) is 29.1 Å². The molecular weight excluding hydrogens is 336 g/mol. The third-order valence-electron chi connectivity index (χ3n) is 4.26. The molecule has 3 rings (SSSR count). The molecule has 5 heteroatoms. The molecular formula is C20H19ClN2O2. The highest BCUT2D eigenvalue weighted by Gasteiger charge is 2.24. The highest BCUT2D eigenvalue weighted by atomic mass is 35.5. The Kier molecular flexibility index (Phi) is 4.91. The summed E-state index contributed by atoms with van der Waals surface area (Å²) in [5, 5.41) is 11.0. The van der Waals surface area contributed by atoms with Gasteiger partial charge in [-0.15, -0.1) is 0 Å². The number of hydrogen-bond donors (Lipinski definition) is 1. The zero-order valence-corrected chi connectivity index (χ0v) is 14.9. The largest absolute Gasteiger partial charge is 0.478 e. The van der Waals surface area contributed by atoms with E-state index in [9.17, 15) is 9.90 Å². The van der Waals surface area contributed by atoms with Crippen molar-refractivity contribution in [2.24, 2.45) is 0 Å². The lowest BCUT2D eigenvalue weighted by atomic mass is 10.00. The summed E-state index contributed by atoms with van der Waals surface area (Å²) in [6.45, 7) is 5.38. The normalized spacial score (nSPS) is 10.8. The number of fused-ring (bicyclic) bond motifs is 1. The lowest BCUT2D eigenvalue weighted by molar-refractivity contribution is 0.0699. The van der Waals surface area contributed by atoms with Crippen molar-refractivity contribution in [2.45, 2.75) is 13.8 Å². The molecule has 0 spiro atoms. The summed E-state index contributed by atoms with van der Waals surface area (Å²) in [6.07, 6.45) is 0. The average molecular weight is 355 g/mol. The van der Waals surface area contributed by atoms with E-state index in [2.05, 4.69) is 0 Å². The SMILES string of the molecule is CCN(CC)c1c(-c2ccccc2)nc2ccc(Cl)cc2c1C(=O)O. The quantitative estimate of drug-likeness (QED) is 0.692. The topological polar surface area (TPSA) is 53.4 Å². The van der Waals surface area contributed by atoms with Gasteiger partial charge in [0.25, 0.3) is 0 Å². The maximum Gasteiger partial charge on any atom is 0.338 e. The molecule has 0 saturated heterocycles. The van der Waals surface area contributed by atoms with Gasteiger partial charge < -0.3 is 10.0 Å². The van der Waals surface area contributed by atoms with E-state index in [1.54, 1.807) is 18.2 Å². The first kappa shape index (κ1) is 17.2. The maximum absolute atomic E-state index is 12.2. The first-order valence-electron chi connectivity index (χ1n) is 8.23. The van der Waals surface area contributed by atoms with E-state index in [0.717, 1.165) is 5.56 Å². The van der Waals surface area contributed by atoms with Gasteiger partial charge in [-0.05, 0) is 32.0 Å². The second-order valence-corrected chi connectivity index (χ2v) is 6.13. The van der Waals surface area contributed by atoms with E-state index in [1.165, 1.54) is 0 Å². The number of nitrogens with zero attached hydrogens (tertiary/aromatic N) is 2. The van der Waals surface area contributed by atoms with E-state index in [0.29, 0.717) is 40.4 Å². The van der Waals surface area contributed by atoms with E-state index in [-0.39, 0.29) is 5.56 Å². The predicted molar refractivity (Wildman–Crippen MR) is 103 cm³/mol. The van der Waals surface area contributed by atoms with Crippen LogP contribution in [0.4, 0.5) is 5.69 Å². The Morgan fingerprint density at radius 3 is 2.40 bits per heavy atom. The Labute approximate surface area is 151 Å². The number of rotatable bonds is 5. The van der Waals surface area contributed by atoms with Crippen LogP contribution in [0.5, 0.6) is 0 Å². The van der Waals surface area contributed by atoms with Crippen molar-refractivity contribution in [3.8, 4) is 11.3 Å². The summed E-state index contributed by atoms with van der Waals surface area (Å²) < 4.78 is 0. The van der Waals surface area contributed by atoms with Gasteiger partial charge in [-0.25, -0.2) is 9.78 Å². The number of aromatic nitrogens is 1. The fraction of sp³-hybridized carbons (Fsp3) is 0.200. The minimum atomic E-state index is -0.978. The van der Waals surface area contributed by atoms with Crippen LogP contribution in [0.25, 0.3) is 22.2 Å². The van der Waals surface area contributed by atoms with Crippen LogP contribution in [0.15, 0.2) is 48.5 Å². The van der Waals surface area contributed by atoms with Gasteiger partial charge in [-0.1, -0.05) is 41.9 Å². The molecule has 0 aliphatic heterocycles. The summed E-state index contributed by atoms with van der Waals surface area (Å²) in [7, 11) is 0. The lowest BCUT2D eigenvalue weighted by Crippen LogP contribution is -2.25. The molecule has 0 unspecified atom stereocenters. The molecule has 0 atom stereocenters. The Balaban J connectivity index is 2.47. The number of benzene rings is 2. The number of anilines is 1. The first-order chi connectivity index (χ1) is 12.1. The molecule has 0 saturated carbocycles. The zero-order chi connectivity index (χ0) is 18.0. The molecule has 25 heavy (non-hydrogen) atoms. The van der Waals surface area contributed by atoms with Crippen molar-refractivity contribution in [3.05, 3.63) is 59.1 Å². The number of carboxylic acids is 1. The van der Waals surface area contributed by atoms with Crippen molar-refractivity contribution in [1.29, 1.82) is 0 Å². The van der Waals surface area contributed by atoms with Crippen molar-refractivity contribution in [2.75, 3.05) is 18.0 Å². The summed E-state index contributed by atoms with van der Waals surface area (Å²) >= 11 is 6.12. The standard InChI is InChI=1S/C20H19ClN2O2/c1-3-23(4-2)19-17(20(24)25)15-12-14(21)10-11-16(15)22-18(19)13-8-6-5-7-9-13/h5-12H,3-4H2,1-2H3,(H,24,25). The van der Waals surface area contributed by atoms with E-state index in [1.807, 2.05) is 49.1 Å². The molecule has 128 valence electrons. The number of carboxylic acid groups (broad SMARTS) is 1. The van der Waals surface area contributed by atoms with E-state index < -0.39 is 5.97 Å². The molecule has 0 aliphatic carbocycles. The molecule has 0 fully saturated rings. The third kappa shape index (κ3) is 3.17. The van der Waals surface area contributed by atoms with Crippen LogP contribution >= 0.6 is 11.6 Å². The van der Waals surface area contributed by atoms with Gasteiger partial charge in [0, 0.05) is 29.1 Å².